The maximum Gasteiger partial charge on any atom is 0.291 e. The number of amides is 1. The molecule has 82 valence electrons. The smallest absolute Gasteiger partial charge is 0.291 e. The van der Waals surface area contributed by atoms with Gasteiger partial charge in [-0.3, -0.25) is 4.79 Å². The summed E-state index contributed by atoms with van der Waals surface area (Å²) >= 11 is 0. The molecule has 1 aromatic heterocycles. The number of carbonyl (C=O) groups is 1. The molecular formula is C11H9FN2O2. The molecule has 0 aliphatic rings. The zero-order valence-electron chi connectivity index (χ0n) is 8.24. The second-order valence-corrected chi connectivity index (χ2v) is 3.16. The number of hydrogen-bond acceptors (Lipinski definition) is 3. The van der Waals surface area contributed by atoms with E-state index in [2.05, 4.69) is 5.32 Å². The molecule has 3 N–H and O–H groups in total. The number of benzene rings is 1. The van der Waals surface area contributed by atoms with Gasteiger partial charge in [0, 0.05) is 11.8 Å². The van der Waals surface area contributed by atoms with Crippen LogP contribution in [0.3, 0.4) is 0 Å². The van der Waals surface area contributed by atoms with Gasteiger partial charge < -0.3 is 15.5 Å². The summed E-state index contributed by atoms with van der Waals surface area (Å²) in [4.78, 5) is 11.6. The van der Waals surface area contributed by atoms with E-state index in [0.29, 0.717) is 5.69 Å². The number of furan rings is 1. The van der Waals surface area contributed by atoms with Gasteiger partial charge in [0.25, 0.3) is 5.91 Å². The topological polar surface area (TPSA) is 68.3 Å². The van der Waals surface area contributed by atoms with Crippen LogP contribution < -0.4 is 11.1 Å². The van der Waals surface area contributed by atoms with Gasteiger partial charge >= 0.3 is 0 Å². The molecule has 2 aromatic rings. The molecule has 2 rings (SSSR count). The van der Waals surface area contributed by atoms with Crippen LogP contribution in [0.4, 0.5) is 16.0 Å². The Hall–Kier alpha value is -2.30. The van der Waals surface area contributed by atoms with Crippen LogP contribution >= 0.6 is 0 Å². The first-order valence-electron chi connectivity index (χ1n) is 4.57. The number of nitrogens with two attached hydrogens (primary N) is 1. The molecule has 16 heavy (non-hydrogen) atoms. The van der Waals surface area contributed by atoms with Gasteiger partial charge in [0.1, 0.15) is 5.82 Å². The minimum absolute atomic E-state index is 0.113. The van der Waals surface area contributed by atoms with Crippen LogP contribution in [0.15, 0.2) is 40.8 Å². The summed E-state index contributed by atoms with van der Waals surface area (Å²) in [5.41, 5.74) is 5.82. The molecule has 0 aliphatic heterocycles. The van der Waals surface area contributed by atoms with E-state index in [-0.39, 0.29) is 17.5 Å². The Morgan fingerprint density at radius 3 is 2.44 bits per heavy atom. The van der Waals surface area contributed by atoms with Gasteiger partial charge in [-0.2, -0.15) is 0 Å². The van der Waals surface area contributed by atoms with Crippen LogP contribution in [-0.2, 0) is 0 Å². The van der Waals surface area contributed by atoms with Crippen LogP contribution in [0.25, 0.3) is 0 Å². The molecule has 0 unspecified atom stereocenters. The average molecular weight is 220 g/mol. The number of nitrogens with one attached hydrogen (secondary N) is 1. The van der Waals surface area contributed by atoms with Gasteiger partial charge in [-0.15, -0.1) is 0 Å². The van der Waals surface area contributed by atoms with Gasteiger partial charge in [-0.25, -0.2) is 4.39 Å². The fourth-order valence-electron chi connectivity index (χ4n) is 1.20. The van der Waals surface area contributed by atoms with E-state index in [1.165, 1.54) is 36.4 Å². The number of nitrogen functional groups attached to an aromatic ring is 1. The van der Waals surface area contributed by atoms with Crippen LogP contribution in [-0.4, -0.2) is 5.91 Å². The third-order valence-electron chi connectivity index (χ3n) is 1.95. The van der Waals surface area contributed by atoms with Gasteiger partial charge in [0.2, 0.25) is 0 Å². The lowest BCUT2D eigenvalue weighted by Crippen LogP contribution is -2.10. The third-order valence-corrected chi connectivity index (χ3v) is 1.95. The Labute approximate surface area is 90.9 Å². The minimum atomic E-state index is -0.427. The standard InChI is InChI=1S/C11H9FN2O2/c12-7-1-3-8(4-2-7)14-11(15)9-5-6-10(13)16-9/h1-6H,13H2,(H,14,15). The largest absolute Gasteiger partial charge is 0.436 e. The Bertz CT molecular complexity index is 505. The fraction of sp³-hybridized carbons (Fsp3) is 0. The Morgan fingerprint density at radius 1 is 1.19 bits per heavy atom. The van der Waals surface area contributed by atoms with Crippen LogP contribution in [0.5, 0.6) is 0 Å². The quantitative estimate of drug-likeness (QED) is 0.815. The van der Waals surface area contributed by atoms with Crippen LogP contribution in [0.1, 0.15) is 10.6 Å². The van der Waals surface area contributed by atoms with Crippen molar-refractivity contribution in [1.29, 1.82) is 0 Å². The Balaban J connectivity index is 2.10. The summed E-state index contributed by atoms with van der Waals surface area (Å²) in [5, 5.41) is 2.54. The van der Waals surface area contributed by atoms with Crippen molar-refractivity contribution in [2.24, 2.45) is 0 Å². The zero-order chi connectivity index (χ0) is 11.5. The minimum Gasteiger partial charge on any atom is -0.436 e. The lowest BCUT2D eigenvalue weighted by molar-refractivity contribution is 0.0997. The number of halogens is 1. The SMILES string of the molecule is Nc1ccc(C(=O)Nc2ccc(F)cc2)o1. The number of hydrogen-bond donors (Lipinski definition) is 2. The van der Waals surface area contributed by atoms with E-state index in [4.69, 9.17) is 10.2 Å². The van der Waals surface area contributed by atoms with Crippen LogP contribution in [0, 0.1) is 5.82 Å². The second kappa shape index (κ2) is 4.06. The molecule has 1 amide bonds. The maximum absolute atomic E-state index is 12.6. The van der Waals surface area contributed by atoms with E-state index in [0.717, 1.165) is 0 Å². The first kappa shape index (κ1) is 10.2. The van der Waals surface area contributed by atoms with Crippen molar-refractivity contribution in [2.75, 3.05) is 11.1 Å². The summed E-state index contributed by atoms with van der Waals surface area (Å²) in [6, 6.07) is 8.38. The van der Waals surface area contributed by atoms with Gasteiger partial charge in [0.05, 0.1) is 0 Å². The van der Waals surface area contributed by atoms with E-state index < -0.39 is 5.91 Å². The van der Waals surface area contributed by atoms with Gasteiger partial charge in [0.15, 0.2) is 11.6 Å². The third kappa shape index (κ3) is 2.20. The highest BCUT2D eigenvalue weighted by molar-refractivity contribution is 6.02. The van der Waals surface area contributed by atoms with Crippen molar-refractivity contribution >= 4 is 17.5 Å². The average Bonchev–Trinajstić information content (AvgIpc) is 2.68. The highest BCUT2D eigenvalue weighted by atomic mass is 19.1. The molecule has 5 heteroatoms. The predicted octanol–water partition coefficient (Wildman–Crippen LogP) is 2.25. The fourth-order valence-corrected chi connectivity index (χ4v) is 1.20. The molecule has 0 bridgehead atoms. The van der Waals surface area contributed by atoms with E-state index in [1.807, 2.05) is 0 Å². The molecule has 1 heterocycles. The monoisotopic (exact) mass is 220 g/mol. The summed E-state index contributed by atoms with van der Waals surface area (Å²) in [6.07, 6.45) is 0. The maximum atomic E-state index is 12.6. The highest BCUT2D eigenvalue weighted by Gasteiger charge is 2.10. The van der Waals surface area contributed by atoms with Crippen molar-refractivity contribution < 1.29 is 13.6 Å². The molecule has 0 fully saturated rings. The van der Waals surface area contributed by atoms with Gasteiger partial charge in [-0.1, -0.05) is 0 Å². The van der Waals surface area contributed by atoms with Crippen molar-refractivity contribution in [3.05, 3.63) is 48.0 Å². The van der Waals surface area contributed by atoms with Crippen molar-refractivity contribution in [2.45, 2.75) is 0 Å². The Morgan fingerprint density at radius 2 is 1.88 bits per heavy atom. The molecular weight excluding hydrogens is 211 g/mol. The highest BCUT2D eigenvalue weighted by Crippen LogP contribution is 2.13. The van der Waals surface area contributed by atoms with Crippen molar-refractivity contribution in [3.8, 4) is 0 Å². The van der Waals surface area contributed by atoms with E-state index in [9.17, 15) is 9.18 Å². The molecule has 1 aromatic carbocycles. The number of anilines is 2. The Kier molecular flexibility index (Phi) is 2.59. The molecule has 0 spiro atoms. The second-order valence-electron chi connectivity index (χ2n) is 3.16. The molecule has 0 aliphatic carbocycles. The molecule has 0 saturated carbocycles. The lowest BCUT2D eigenvalue weighted by Gasteiger charge is -2.02. The number of rotatable bonds is 2. The summed E-state index contributed by atoms with van der Waals surface area (Å²) < 4.78 is 17.5. The summed E-state index contributed by atoms with van der Waals surface area (Å²) in [6.45, 7) is 0. The predicted molar refractivity (Wildman–Crippen MR) is 57.5 cm³/mol. The molecule has 0 radical (unpaired) electrons. The van der Waals surface area contributed by atoms with E-state index in [1.54, 1.807) is 0 Å². The molecule has 0 saturated heterocycles. The normalized spacial score (nSPS) is 10.1. The zero-order valence-corrected chi connectivity index (χ0v) is 8.24. The summed E-state index contributed by atoms with van der Waals surface area (Å²) in [7, 11) is 0. The van der Waals surface area contributed by atoms with Crippen molar-refractivity contribution in [3.63, 3.8) is 0 Å². The molecule has 4 nitrogen and oxygen atoms in total. The first-order chi connectivity index (χ1) is 7.65. The van der Waals surface area contributed by atoms with E-state index >= 15 is 0 Å². The lowest BCUT2D eigenvalue weighted by atomic mass is 10.3. The van der Waals surface area contributed by atoms with Crippen molar-refractivity contribution in [1.82, 2.24) is 0 Å². The van der Waals surface area contributed by atoms with Crippen LogP contribution in [0.2, 0.25) is 0 Å². The summed E-state index contributed by atoms with van der Waals surface area (Å²) in [5.74, 6) is -0.505. The van der Waals surface area contributed by atoms with Gasteiger partial charge in [-0.05, 0) is 30.3 Å². The number of carbonyl (C=O) groups excluding carboxylic acids is 1. The molecule has 0 atom stereocenters. The first-order valence-corrected chi connectivity index (χ1v) is 4.57.